The summed E-state index contributed by atoms with van der Waals surface area (Å²) in [6.45, 7) is 2.13. The van der Waals surface area contributed by atoms with Gasteiger partial charge >= 0.3 is 0 Å². The van der Waals surface area contributed by atoms with Crippen molar-refractivity contribution in [3.05, 3.63) is 149 Å². The van der Waals surface area contributed by atoms with Crippen LogP contribution in [-0.4, -0.2) is 57.8 Å². The summed E-state index contributed by atoms with van der Waals surface area (Å²) in [4.78, 5) is 52.9. The molecular formula is C45H45N5O4. The number of benzene rings is 4. The first-order chi connectivity index (χ1) is 26.2. The van der Waals surface area contributed by atoms with Crippen molar-refractivity contribution in [2.75, 3.05) is 12.4 Å². The summed E-state index contributed by atoms with van der Waals surface area (Å²) in [7, 11) is 1.69. The van der Waals surface area contributed by atoms with E-state index in [0.29, 0.717) is 42.2 Å². The van der Waals surface area contributed by atoms with Crippen LogP contribution in [0.15, 0.2) is 137 Å². The Morgan fingerprint density at radius 1 is 0.870 bits per heavy atom. The van der Waals surface area contributed by atoms with Crippen molar-refractivity contribution in [1.29, 1.82) is 0 Å². The van der Waals surface area contributed by atoms with Gasteiger partial charge in [0.25, 0.3) is 5.91 Å². The predicted molar refractivity (Wildman–Crippen MR) is 213 cm³/mol. The number of fused-ring (bicyclic) bond motifs is 1. The second-order valence-electron chi connectivity index (χ2n) is 14.3. The highest BCUT2D eigenvalue weighted by Crippen LogP contribution is 2.37. The van der Waals surface area contributed by atoms with Crippen LogP contribution in [0, 0.1) is 5.92 Å². The number of aliphatic imine (C=N–C) groups is 2. The van der Waals surface area contributed by atoms with Crippen LogP contribution in [-0.2, 0) is 33.6 Å². The third-order valence-electron chi connectivity index (χ3n) is 10.3. The summed E-state index contributed by atoms with van der Waals surface area (Å²) in [6.07, 6.45) is 8.15. The van der Waals surface area contributed by atoms with Gasteiger partial charge in [0.1, 0.15) is 11.5 Å². The first kappa shape index (κ1) is 36.4. The standard InChI is InChI=1S/C45H45N5O4/c1-3-4-15-34-25-37(34)41(52)26-39(46-2)43(53)47-35-20-16-32(17-21-35)28-45(27-31-13-9-6-10-14-31)44(54)50-29-40(33-18-22-36(51)23-19-33)48-38(42(50)49-45)24-30-11-7-5-8-12-30/h5-14,16-23,25,29,37,39,46,51H,3-4,15,24,26-28H2,1-2H3,(H,47,53). The van der Waals surface area contributed by atoms with Gasteiger partial charge in [-0.1, -0.05) is 97.8 Å². The van der Waals surface area contributed by atoms with Crippen LogP contribution >= 0.6 is 0 Å². The maximum atomic E-state index is 14.8. The number of hydrogen-bond acceptors (Lipinski definition) is 7. The smallest absolute Gasteiger partial charge is 0.261 e. The largest absolute Gasteiger partial charge is 0.508 e. The Hall–Kier alpha value is -5.93. The van der Waals surface area contributed by atoms with E-state index in [4.69, 9.17) is 9.98 Å². The summed E-state index contributed by atoms with van der Waals surface area (Å²) in [5.74, 6) is 0.189. The first-order valence-electron chi connectivity index (χ1n) is 18.7. The zero-order valence-corrected chi connectivity index (χ0v) is 30.7. The quantitative estimate of drug-likeness (QED) is 0.107. The van der Waals surface area contributed by atoms with E-state index >= 15 is 0 Å². The molecule has 54 heavy (non-hydrogen) atoms. The number of amidine groups is 1. The molecule has 0 spiro atoms. The third kappa shape index (κ3) is 8.16. The Labute approximate surface area is 316 Å². The van der Waals surface area contributed by atoms with E-state index in [-0.39, 0.29) is 35.7 Å². The second kappa shape index (κ2) is 16.0. The summed E-state index contributed by atoms with van der Waals surface area (Å²) < 4.78 is 0. The van der Waals surface area contributed by atoms with E-state index in [1.165, 1.54) is 5.57 Å². The zero-order valence-electron chi connectivity index (χ0n) is 30.7. The van der Waals surface area contributed by atoms with Crippen molar-refractivity contribution >= 4 is 40.5 Å². The Morgan fingerprint density at radius 3 is 2.17 bits per heavy atom. The molecule has 0 saturated carbocycles. The number of aromatic hydroxyl groups is 1. The van der Waals surface area contributed by atoms with Gasteiger partial charge in [0.2, 0.25) is 5.91 Å². The van der Waals surface area contributed by atoms with E-state index in [1.807, 2.05) is 91.0 Å². The Bertz CT molecular complexity index is 2140. The predicted octanol–water partition coefficient (Wildman–Crippen LogP) is 7.08. The average molecular weight is 720 g/mol. The maximum absolute atomic E-state index is 14.8. The second-order valence-corrected chi connectivity index (χ2v) is 14.3. The molecule has 3 atom stereocenters. The summed E-state index contributed by atoms with van der Waals surface area (Å²) in [5, 5.41) is 15.9. The molecule has 0 saturated heterocycles. The average Bonchev–Trinajstić information content (AvgIpc) is 3.92. The number of phenolic OH excluding ortho intramolecular Hbond substituents is 1. The molecule has 0 fully saturated rings. The lowest BCUT2D eigenvalue weighted by molar-refractivity contribution is -0.129. The van der Waals surface area contributed by atoms with Gasteiger partial charge in [-0.2, -0.15) is 0 Å². The molecule has 2 heterocycles. The number of unbranched alkanes of at least 4 members (excludes halogenated alkanes) is 1. The van der Waals surface area contributed by atoms with Crippen molar-refractivity contribution in [2.24, 2.45) is 15.9 Å². The van der Waals surface area contributed by atoms with Crippen molar-refractivity contribution in [2.45, 2.75) is 63.5 Å². The Kier molecular flexibility index (Phi) is 10.8. The molecule has 1 aliphatic carbocycles. The van der Waals surface area contributed by atoms with E-state index in [1.54, 1.807) is 42.4 Å². The number of nitrogens with zero attached hydrogens (tertiary/aromatic N) is 3. The van der Waals surface area contributed by atoms with Crippen molar-refractivity contribution < 1.29 is 19.5 Å². The number of carbonyl (C=O) groups excluding carboxylic acids is 3. The van der Waals surface area contributed by atoms with Crippen molar-refractivity contribution in [3.63, 3.8) is 0 Å². The number of likely N-dealkylation sites (N-methyl/N-ethyl adjacent to an activating group) is 1. The molecule has 0 radical (unpaired) electrons. The molecule has 2 aliphatic heterocycles. The number of Topliss-reactive ketones (excluding diaryl/α,β-unsaturated/α-hetero) is 1. The molecule has 4 aromatic carbocycles. The summed E-state index contributed by atoms with van der Waals surface area (Å²) in [5.41, 5.74) is 5.59. The SMILES string of the molecule is CCCCC1=CC1C(=O)CC(NC)C(=O)Nc1ccc(CC2(Cc3ccccc3)N=C3C(Cc4ccccc4)=NC(c4ccc(O)cc4)=CN3C2=O)cc1. The van der Waals surface area contributed by atoms with Crippen LogP contribution in [0.2, 0.25) is 0 Å². The molecule has 3 aliphatic rings. The van der Waals surface area contributed by atoms with Gasteiger partial charge in [0.05, 0.1) is 23.4 Å². The van der Waals surface area contributed by atoms with Crippen molar-refractivity contribution in [3.8, 4) is 5.75 Å². The van der Waals surface area contributed by atoms with E-state index in [0.717, 1.165) is 41.5 Å². The summed E-state index contributed by atoms with van der Waals surface area (Å²) in [6, 6.07) is 33.5. The fourth-order valence-electron chi connectivity index (χ4n) is 7.21. The molecule has 9 nitrogen and oxygen atoms in total. The van der Waals surface area contributed by atoms with Gasteiger partial charge in [-0.05, 0) is 73.0 Å². The van der Waals surface area contributed by atoms with Gasteiger partial charge in [-0.15, -0.1) is 0 Å². The normalized spacial score (nSPS) is 19.3. The van der Waals surface area contributed by atoms with Gasteiger partial charge in [0, 0.05) is 43.1 Å². The van der Waals surface area contributed by atoms with Crippen LogP contribution in [0.1, 0.15) is 54.9 Å². The Morgan fingerprint density at radius 2 is 1.52 bits per heavy atom. The van der Waals surface area contributed by atoms with Crippen LogP contribution in [0.4, 0.5) is 5.69 Å². The fraction of sp³-hybridized carbons (Fsp3) is 0.267. The van der Waals surface area contributed by atoms with Gasteiger partial charge in [0.15, 0.2) is 11.4 Å². The monoisotopic (exact) mass is 719 g/mol. The number of rotatable bonds is 16. The Balaban J connectivity index is 1.14. The molecule has 9 heteroatoms. The van der Waals surface area contributed by atoms with Crippen LogP contribution in [0.3, 0.4) is 0 Å². The number of anilines is 1. The molecule has 0 aromatic heterocycles. The zero-order chi connectivity index (χ0) is 37.7. The number of nitrogens with one attached hydrogen (secondary N) is 2. The molecule has 0 bridgehead atoms. The molecule has 3 unspecified atom stereocenters. The molecule has 4 aromatic rings. The maximum Gasteiger partial charge on any atom is 0.261 e. The van der Waals surface area contributed by atoms with E-state index < -0.39 is 11.6 Å². The fourth-order valence-corrected chi connectivity index (χ4v) is 7.21. The minimum Gasteiger partial charge on any atom is -0.508 e. The van der Waals surface area contributed by atoms with Crippen LogP contribution in [0.25, 0.3) is 5.70 Å². The number of hydrogen-bond donors (Lipinski definition) is 3. The number of amides is 2. The molecular weight excluding hydrogens is 675 g/mol. The van der Waals surface area contributed by atoms with Gasteiger partial charge in [-0.25, -0.2) is 9.98 Å². The lowest BCUT2D eigenvalue weighted by atomic mass is 9.84. The minimum atomic E-state index is -1.16. The lowest BCUT2D eigenvalue weighted by Gasteiger charge is -2.27. The first-order valence-corrected chi connectivity index (χ1v) is 18.7. The van der Waals surface area contributed by atoms with Gasteiger partial charge < -0.3 is 15.7 Å². The highest BCUT2D eigenvalue weighted by Gasteiger charge is 2.50. The van der Waals surface area contributed by atoms with Gasteiger partial charge in [-0.3, -0.25) is 19.3 Å². The number of ketones is 1. The third-order valence-corrected chi connectivity index (χ3v) is 10.3. The highest BCUT2D eigenvalue weighted by atomic mass is 16.3. The molecule has 3 N–H and O–H groups in total. The van der Waals surface area contributed by atoms with E-state index in [2.05, 4.69) is 17.6 Å². The minimum absolute atomic E-state index is 0.0656. The van der Waals surface area contributed by atoms with E-state index in [9.17, 15) is 19.5 Å². The van der Waals surface area contributed by atoms with Crippen LogP contribution < -0.4 is 10.6 Å². The van der Waals surface area contributed by atoms with Crippen LogP contribution in [0.5, 0.6) is 5.75 Å². The topological polar surface area (TPSA) is 123 Å². The summed E-state index contributed by atoms with van der Waals surface area (Å²) >= 11 is 0. The molecule has 7 rings (SSSR count). The lowest BCUT2D eigenvalue weighted by Crippen LogP contribution is -2.45. The number of phenols is 1. The molecule has 2 amide bonds. The number of carbonyl (C=O) groups is 3. The molecule has 274 valence electrons. The van der Waals surface area contributed by atoms with Crippen molar-refractivity contribution in [1.82, 2.24) is 10.2 Å². The number of allylic oxidation sites excluding steroid dienone is 2. The highest BCUT2D eigenvalue weighted by molar-refractivity contribution is 6.47.